The molecule has 1 aliphatic carbocycles. The molecule has 0 heterocycles. The standard InChI is InChI=1S/C8H16.Ru/c1-2-4-6-8-7-5-3-1;/h1-8H2;/q;+2. The van der Waals surface area contributed by atoms with Gasteiger partial charge in [0.15, 0.2) is 0 Å². The van der Waals surface area contributed by atoms with Crippen molar-refractivity contribution in [2.75, 3.05) is 0 Å². The smallest absolute Gasteiger partial charge is 0.0533 e. The molecule has 0 atom stereocenters. The van der Waals surface area contributed by atoms with Crippen LogP contribution in [-0.2, 0) is 19.5 Å². The molecule has 54 valence electrons. The number of rotatable bonds is 0. The Hall–Kier alpha value is 0.623. The van der Waals surface area contributed by atoms with Gasteiger partial charge in [-0.1, -0.05) is 51.4 Å². The summed E-state index contributed by atoms with van der Waals surface area (Å²) in [5.74, 6) is 0. The van der Waals surface area contributed by atoms with E-state index < -0.39 is 0 Å². The molecule has 0 nitrogen and oxygen atoms in total. The van der Waals surface area contributed by atoms with Gasteiger partial charge in [0.2, 0.25) is 0 Å². The van der Waals surface area contributed by atoms with Crippen molar-refractivity contribution < 1.29 is 19.5 Å². The molecule has 9 heavy (non-hydrogen) atoms. The predicted octanol–water partition coefficient (Wildman–Crippen LogP) is 3.12. The van der Waals surface area contributed by atoms with E-state index >= 15 is 0 Å². The summed E-state index contributed by atoms with van der Waals surface area (Å²) in [4.78, 5) is 0. The fourth-order valence-corrected chi connectivity index (χ4v) is 1.41. The Bertz CT molecular complexity index is 28.5. The number of hydrogen-bond donors (Lipinski definition) is 0. The maximum absolute atomic E-state index is 1.50. The molecule has 1 rings (SSSR count). The predicted molar refractivity (Wildman–Crippen MR) is 36.9 cm³/mol. The largest absolute Gasteiger partial charge is 2.00 e. The first-order chi connectivity index (χ1) is 4.00. The van der Waals surface area contributed by atoms with Gasteiger partial charge in [0.1, 0.15) is 0 Å². The minimum atomic E-state index is 0. The molecule has 0 aromatic heterocycles. The van der Waals surface area contributed by atoms with Crippen LogP contribution in [0.2, 0.25) is 0 Å². The summed E-state index contributed by atoms with van der Waals surface area (Å²) in [6, 6.07) is 0. The molecular formula is C8H16Ru+2. The average Bonchev–Trinajstić information content (AvgIpc) is 1.62. The van der Waals surface area contributed by atoms with E-state index in [0.29, 0.717) is 0 Å². The maximum atomic E-state index is 1.50. The van der Waals surface area contributed by atoms with E-state index in [2.05, 4.69) is 0 Å². The van der Waals surface area contributed by atoms with Crippen molar-refractivity contribution in [1.82, 2.24) is 0 Å². The second-order valence-corrected chi connectivity index (χ2v) is 2.83. The second-order valence-electron chi connectivity index (χ2n) is 2.83. The summed E-state index contributed by atoms with van der Waals surface area (Å²) in [7, 11) is 0. The van der Waals surface area contributed by atoms with Gasteiger partial charge in [0.05, 0.1) is 0 Å². The summed E-state index contributed by atoms with van der Waals surface area (Å²) < 4.78 is 0. The molecule has 1 saturated carbocycles. The molecule has 0 bridgehead atoms. The van der Waals surface area contributed by atoms with Crippen LogP contribution in [0.1, 0.15) is 51.4 Å². The van der Waals surface area contributed by atoms with E-state index in [1.165, 1.54) is 51.4 Å². The molecule has 0 amide bonds. The van der Waals surface area contributed by atoms with Crippen molar-refractivity contribution in [2.24, 2.45) is 0 Å². The summed E-state index contributed by atoms with van der Waals surface area (Å²) in [6.45, 7) is 0. The van der Waals surface area contributed by atoms with Crippen LogP contribution in [0.15, 0.2) is 0 Å². The molecule has 0 aliphatic heterocycles. The van der Waals surface area contributed by atoms with E-state index in [1.54, 1.807) is 0 Å². The maximum Gasteiger partial charge on any atom is 2.00 e. The van der Waals surface area contributed by atoms with Crippen molar-refractivity contribution in [3.63, 3.8) is 0 Å². The average molecular weight is 213 g/mol. The summed E-state index contributed by atoms with van der Waals surface area (Å²) in [6.07, 6.45) is 12.0. The number of hydrogen-bond acceptors (Lipinski definition) is 0. The van der Waals surface area contributed by atoms with Crippen LogP contribution in [-0.4, -0.2) is 0 Å². The van der Waals surface area contributed by atoms with Gasteiger partial charge in [0.25, 0.3) is 0 Å². The van der Waals surface area contributed by atoms with E-state index in [1.807, 2.05) is 0 Å². The molecule has 0 saturated heterocycles. The van der Waals surface area contributed by atoms with Gasteiger partial charge in [-0.3, -0.25) is 0 Å². The fraction of sp³-hybridized carbons (Fsp3) is 1.00. The van der Waals surface area contributed by atoms with Gasteiger partial charge >= 0.3 is 19.5 Å². The molecular weight excluding hydrogens is 197 g/mol. The zero-order valence-electron chi connectivity index (χ0n) is 6.01. The molecule has 0 aromatic carbocycles. The van der Waals surface area contributed by atoms with Crippen molar-refractivity contribution in [1.29, 1.82) is 0 Å². The molecule has 1 aliphatic rings. The van der Waals surface area contributed by atoms with Crippen LogP contribution in [0, 0.1) is 0 Å². The van der Waals surface area contributed by atoms with E-state index in [9.17, 15) is 0 Å². The molecule has 1 fully saturated rings. The first kappa shape index (κ1) is 9.62. The monoisotopic (exact) mass is 214 g/mol. The Morgan fingerprint density at radius 2 is 0.444 bits per heavy atom. The Morgan fingerprint density at radius 3 is 0.556 bits per heavy atom. The first-order valence-electron chi connectivity index (χ1n) is 4.00. The fourth-order valence-electron chi connectivity index (χ4n) is 1.41. The van der Waals surface area contributed by atoms with Crippen molar-refractivity contribution in [2.45, 2.75) is 51.4 Å². The van der Waals surface area contributed by atoms with Gasteiger partial charge in [-0.25, -0.2) is 0 Å². The zero-order chi connectivity index (χ0) is 5.66. The third-order valence-electron chi connectivity index (χ3n) is 2.00. The van der Waals surface area contributed by atoms with Gasteiger partial charge in [-0.05, 0) is 0 Å². The molecule has 0 N–H and O–H groups in total. The molecule has 0 radical (unpaired) electrons. The summed E-state index contributed by atoms with van der Waals surface area (Å²) in [5, 5.41) is 0. The van der Waals surface area contributed by atoms with Gasteiger partial charge < -0.3 is 0 Å². The van der Waals surface area contributed by atoms with Crippen LogP contribution in [0.25, 0.3) is 0 Å². The third-order valence-corrected chi connectivity index (χ3v) is 2.00. The minimum Gasteiger partial charge on any atom is -0.0533 e. The SMILES string of the molecule is C1CCCCCCC1.[Ru+2]. The second kappa shape index (κ2) is 6.74. The van der Waals surface area contributed by atoms with Crippen LogP contribution >= 0.6 is 0 Å². The van der Waals surface area contributed by atoms with Crippen LogP contribution in [0.5, 0.6) is 0 Å². The van der Waals surface area contributed by atoms with E-state index in [4.69, 9.17) is 0 Å². The van der Waals surface area contributed by atoms with Gasteiger partial charge in [0, 0.05) is 0 Å². The summed E-state index contributed by atoms with van der Waals surface area (Å²) >= 11 is 0. The van der Waals surface area contributed by atoms with Crippen molar-refractivity contribution >= 4 is 0 Å². The van der Waals surface area contributed by atoms with Gasteiger partial charge in [-0.15, -0.1) is 0 Å². The quantitative estimate of drug-likeness (QED) is 0.542. The molecule has 0 aromatic rings. The van der Waals surface area contributed by atoms with E-state index in [0.717, 1.165) is 0 Å². The van der Waals surface area contributed by atoms with Crippen molar-refractivity contribution in [3.05, 3.63) is 0 Å². The Balaban J connectivity index is 0.000000640. The Morgan fingerprint density at radius 1 is 0.333 bits per heavy atom. The summed E-state index contributed by atoms with van der Waals surface area (Å²) in [5.41, 5.74) is 0. The van der Waals surface area contributed by atoms with Gasteiger partial charge in [-0.2, -0.15) is 0 Å². The van der Waals surface area contributed by atoms with Crippen LogP contribution in [0.3, 0.4) is 0 Å². The Labute approximate surface area is 71.2 Å². The third kappa shape index (κ3) is 5.09. The Kier molecular flexibility index (Phi) is 7.21. The molecule has 0 unspecified atom stereocenters. The molecule has 1 heteroatoms. The minimum absolute atomic E-state index is 0. The van der Waals surface area contributed by atoms with Crippen molar-refractivity contribution in [3.8, 4) is 0 Å². The normalized spacial score (nSPS) is 21.3. The van der Waals surface area contributed by atoms with Crippen LogP contribution < -0.4 is 0 Å². The van der Waals surface area contributed by atoms with E-state index in [-0.39, 0.29) is 19.5 Å². The molecule has 0 spiro atoms. The topological polar surface area (TPSA) is 0 Å². The van der Waals surface area contributed by atoms with Crippen LogP contribution in [0.4, 0.5) is 0 Å². The zero-order valence-corrected chi connectivity index (χ0v) is 7.75. The first-order valence-corrected chi connectivity index (χ1v) is 4.00.